The molecule has 0 amide bonds. The summed E-state index contributed by atoms with van der Waals surface area (Å²) < 4.78 is 35.6. The van der Waals surface area contributed by atoms with Gasteiger partial charge in [0.25, 0.3) is 0 Å². The Morgan fingerprint density at radius 2 is 2.00 bits per heavy atom. The minimum Gasteiger partial charge on any atom is -0.496 e. The van der Waals surface area contributed by atoms with E-state index in [0.29, 0.717) is 11.3 Å². The third kappa shape index (κ3) is 1.85. The van der Waals surface area contributed by atoms with Crippen molar-refractivity contribution < 1.29 is 17.7 Å². The number of methoxy groups -OCH3 is 1. The van der Waals surface area contributed by atoms with Crippen LogP contribution in [0.3, 0.4) is 0 Å². The van der Waals surface area contributed by atoms with Crippen LogP contribution in [0, 0.1) is 13.8 Å². The molecular formula is C8H11NO4S. The van der Waals surface area contributed by atoms with E-state index >= 15 is 0 Å². The van der Waals surface area contributed by atoms with E-state index in [1.807, 2.05) is 0 Å². The summed E-state index contributed by atoms with van der Waals surface area (Å²) in [5.41, 5.74) is 1.03. The molecule has 1 rings (SSSR count). The van der Waals surface area contributed by atoms with Gasteiger partial charge in [-0.15, -0.1) is 0 Å². The SMILES string of the molecule is COc1c(C)cnc(S(=O)(=O)O)c1C. The molecule has 5 nitrogen and oxygen atoms in total. The lowest BCUT2D eigenvalue weighted by Crippen LogP contribution is -2.06. The molecule has 0 aliphatic rings. The number of nitrogens with zero attached hydrogens (tertiary/aromatic N) is 1. The van der Waals surface area contributed by atoms with Gasteiger partial charge in [0.15, 0.2) is 5.03 Å². The van der Waals surface area contributed by atoms with Crippen molar-refractivity contribution in [1.82, 2.24) is 4.98 Å². The summed E-state index contributed by atoms with van der Waals surface area (Å²) in [7, 11) is -2.84. The molecule has 0 unspecified atom stereocenters. The fourth-order valence-corrected chi connectivity index (χ4v) is 1.94. The summed E-state index contributed by atoms with van der Waals surface area (Å²) in [6, 6.07) is 0. The van der Waals surface area contributed by atoms with Gasteiger partial charge in [-0.2, -0.15) is 8.42 Å². The number of rotatable bonds is 2. The zero-order chi connectivity index (χ0) is 10.9. The highest BCUT2D eigenvalue weighted by Crippen LogP contribution is 2.26. The third-order valence-corrected chi connectivity index (χ3v) is 2.74. The largest absolute Gasteiger partial charge is 0.496 e. The Balaban J connectivity index is 3.52. The number of pyridine rings is 1. The summed E-state index contributed by atoms with van der Waals surface area (Å²) in [6.45, 7) is 3.27. The summed E-state index contributed by atoms with van der Waals surface area (Å²) in [5, 5.41) is -0.361. The minimum absolute atomic E-state index is 0.315. The van der Waals surface area contributed by atoms with Crippen LogP contribution >= 0.6 is 0 Å². The topological polar surface area (TPSA) is 76.5 Å². The van der Waals surface area contributed by atoms with Crippen molar-refractivity contribution in [1.29, 1.82) is 0 Å². The molecule has 0 atom stereocenters. The fourth-order valence-electron chi connectivity index (χ4n) is 1.28. The van der Waals surface area contributed by atoms with Crippen molar-refractivity contribution >= 4 is 10.1 Å². The van der Waals surface area contributed by atoms with Gasteiger partial charge in [0, 0.05) is 17.3 Å². The van der Waals surface area contributed by atoms with Crippen LogP contribution in [0.4, 0.5) is 0 Å². The predicted octanol–water partition coefficient (Wildman–Crippen LogP) is 0.954. The first-order valence-electron chi connectivity index (χ1n) is 3.85. The molecule has 0 radical (unpaired) electrons. The number of hydrogen-bond donors (Lipinski definition) is 1. The van der Waals surface area contributed by atoms with E-state index in [1.165, 1.54) is 20.2 Å². The first-order valence-corrected chi connectivity index (χ1v) is 5.29. The van der Waals surface area contributed by atoms with Crippen LogP contribution < -0.4 is 4.74 Å². The summed E-state index contributed by atoms with van der Waals surface area (Å²) >= 11 is 0. The monoisotopic (exact) mass is 217 g/mol. The smallest absolute Gasteiger partial charge is 0.312 e. The lowest BCUT2D eigenvalue weighted by molar-refractivity contribution is 0.404. The van der Waals surface area contributed by atoms with E-state index < -0.39 is 10.1 Å². The third-order valence-electron chi connectivity index (χ3n) is 1.84. The van der Waals surface area contributed by atoms with Crippen molar-refractivity contribution in [2.45, 2.75) is 18.9 Å². The maximum absolute atomic E-state index is 10.9. The average molecular weight is 217 g/mol. The Labute approximate surface area is 82.5 Å². The molecule has 0 aliphatic carbocycles. The van der Waals surface area contributed by atoms with E-state index in [-0.39, 0.29) is 5.03 Å². The van der Waals surface area contributed by atoms with Crippen LogP contribution in [-0.2, 0) is 10.1 Å². The molecule has 0 aromatic carbocycles. The minimum atomic E-state index is -4.27. The maximum Gasteiger partial charge on any atom is 0.312 e. The molecule has 6 heteroatoms. The first kappa shape index (κ1) is 10.9. The Bertz CT molecular complexity index is 453. The first-order chi connectivity index (χ1) is 6.38. The second-order valence-electron chi connectivity index (χ2n) is 2.88. The van der Waals surface area contributed by atoms with Crippen LogP contribution in [0.2, 0.25) is 0 Å². The lowest BCUT2D eigenvalue weighted by Gasteiger charge is -2.09. The van der Waals surface area contributed by atoms with E-state index in [9.17, 15) is 8.42 Å². The molecule has 14 heavy (non-hydrogen) atoms. The highest BCUT2D eigenvalue weighted by molar-refractivity contribution is 7.85. The molecule has 0 bridgehead atoms. The molecule has 1 aromatic rings. The molecule has 1 heterocycles. The van der Waals surface area contributed by atoms with Gasteiger partial charge in [-0.05, 0) is 13.8 Å². The van der Waals surface area contributed by atoms with Gasteiger partial charge in [-0.1, -0.05) is 0 Å². The number of hydrogen-bond acceptors (Lipinski definition) is 4. The summed E-state index contributed by atoms with van der Waals surface area (Å²) in [4.78, 5) is 3.64. The Kier molecular flexibility index (Phi) is 2.77. The fraction of sp³-hybridized carbons (Fsp3) is 0.375. The van der Waals surface area contributed by atoms with Gasteiger partial charge in [-0.25, -0.2) is 4.98 Å². The molecule has 78 valence electrons. The number of ether oxygens (including phenoxy) is 1. The Morgan fingerprint density at radius 1 is 1.43 bits per heavy atom. The van der Waals surface area contributed by atoms with Crippen LogP contribution in [-0.4, -0.2) is 25.1 Å². The Hall–Kier alpha value is -1.14. The lowest BCUT2D eigenvalue weighted by atomic mass is 10.2. The predicted molar refractivity (Wildman–Crippen MR) is 50.1 cm³/mol. The van der Waals surface area contributed by atoms with Gasteiger partial charge >= 0.3 is 10.1 Å². The molecule has 0 fully saturated rings. The molecule has 0 saturated heterocycles. The second-order valence-corrected chi connectivity index (χ2v) is 4.22. The Morgan fingerprint density at radius 3 is 2.43 bits per heavy atom. The van der Waals surface area contributed by atoms with E-state index in [1.54, 1.807) is 6.92 Å². The zero-order valence-corrected chi connectivity index (χ0v) is 8.92. The van der Waals surface area contributed by atoms with Gasteiger partial charge in [0.2, 0.25) is 0 Å². The van der Waals surface area contributed by atoms with Crippen LogP contribution in [0.15, 0.2) is 11.2 Å². The van der Waals surface area contributed by atoms with Crippen LogP contribution in [0.25, 0.3) is 0 Å². The van der Waals surface area contributed by atoms with Crippen LogP contribution in [0.1, 0.15) is 11.1 Å². The quantitative estimate of drug-likeness (QED) is 0.746. The van der Waals surface area contributed by atoms with Crippen molar-refractivity contribution in [2.24, 2.45) is 0 Å². The van der Waals surface area contributed by atoms with Crippen molar-refractivity contribution in [2.75, 3.05) is 7.11 Å². The normalized spacial score (nSPS) is 11.4. The maximum atomic E-state index is 10.9. The van der Waals surface area contributed by atoms with Crippen molar-refractivity contribution in [3.8, 4) is 5.75 Å². The summed E-state index contributed by atoms with van der Waals surface area (Å²) in [6.07, 6.45) is 1.34. The van der Waals surface area contributed by atoms with E-state index in [2.05, 4.69) is 4.98 Å². The molecule has 1 N–H and O–H groups in total. The standard InChI is InChI=1S/C8H11NO4S/c1-5-4-9-8(14(10,11)12)6(2)7(5)13-3/h4H,1-3H3,(H,10,11,12). The highest BCUT2D eigenvalue weighted by atomic mass is 32.2. The second kappa shape index (κ2) is 3.55. The molecule has 0 spiro atoms. The van der Waals surface area contributed by atoms with Crippen molar-refractivity contribution in [3.63, 3.8) is 0 Å². The van der Waals surface area contributed by atoms with Gasteiger partial charge in [0.05, 0.1) is 7.11 Å². The van der Waals surface area contributed by atoms with Crippen LogP contribution in [0.5, 0.6) is 5.75 Å². The average Bonchev–Trinajstić information content (AvgIpc) is 2.02. The number of aryl methyl sites for hydroxylation is 1. The molecule has 1 aromatic heterocycles. The van der Waals surface area contributed by atoms with Crippen molar-refractivity contribution in [3.05, 3.63) is 17.3 Å². The molecular weight excluding hydrogens is 206 g/mol. The summed E-state index contributed by atoms with van der Waals surface area (Å²) in [5.74, 6) is 0.424. The molecule has 0 aliphatic heterocycles. The van der Waals surface area contributed by atoms with Gasteiger partial charge < -0.3 is 4.74 Å². The van der Waals surface area contributed by atoms with E-state index in [4.69, 9.17) is 9.29 Å². The molecule has 0 saturated carbocycles. The zero-order valence-electron chi connectivity index (χ0n) is 8.10. The van der Waals surface area contributed by atoms with E-state index in [0.717, 1.165) is 5.56 Å². The number of aromatic nitrogens is 1. The van der Waals surface area contributed by atoms with Gasteiger partial charge in [-0.3, -0.25) is 4.55 Å². The van der Waals surface area contributed by atoms with Gasteiger partial charge in [0.1, 0.15) is 5.75 Å². The highest BCUT2D eigenvalue weighted by Gasteiger charge is 2.19.